The monoisotopic (exact) mass is 217 g/mol. The Morgan fingerprint density at radius 3 is 2.88 bits per heavy atom. The molecule has 0 fully saturated rings. The molecule has 0 aromatic carbocycles. The largest absolute Gasteiger partial charge is 0.480 e. The van der Waals surface area contributed by atoms with E-state index >= 15 is 0 Å². The molecule has 0 aliphatic heterocycles. The molecule has 1 atom stereocenters. The molecule has 2 aromatic heterocycles. The smallest absolute Gasteiger partial charge is 0.328 e. The highest BCUT2D eigenvalue weighted by molar-refractivity contribution is 5.71. The Labute approximate surface area is 92.4 Å². The molecule has 1 N–H and O–H groups in total. The van der Waals surface area contributed by atoms with E-state index in [2.05, 4.69) is 10.1 Å². The molecule has 0 aliphatic carbocycles. The van der Waals surface area contributed by atoms with Gasteiger partial charge in [0.25, 0.3) is 0 Å². The number of carbonyl (C=O) groups is 1. The van der Waals surface area contributed by atoms with Crippen molar-refractivity contribution >= 4 is 5.97 Å². The number of carboxylic acids is 1. The summed E-state index contributed by atoms with van der Waals surface area (Å²) in [5.74, 6) is -0.902. The van der Waals surface area contributed by atoms with Gasteiger partial charge in [-0.2, -0.15) is 5.10 Å². The van der Waals surface area contributed by atoms with Crippen LogP contribution < -0.4 is 0 Å². The molecule has 2 aromatic rings. The van der Waals surface area contributed by atoms with Crippen molar-refractivity contribution in [3.8, 4) is 11.1 Å². The molecule has 0 aliphatic rings. The van der Waals surface area contributed by atoms with Crippen LogP contribution in [0.15, 0.2) is 36.9 Å². The predicted molar refractivity (Wildman–Crippen MR) is 57.8 cm³/mol. The Hall–Kier alpha value is -2.17. The maximum atomic E-state index is 10.8. The maximum absolute atomic E-state index is 10.8. The van der Waals surface area contributed by atoms with Gasteiger partial charge < -0.3 is 5.11 Å². The summed E-state index contributed by atoms with van der Waals surface area (Å²) in [5, 5.41) is 12.9. The van der Waals surface area contributed by atoms with Crippen LogP contribution in [0, 0.1) is 0 Å². The quantitative estimate of drug-likeness (QED) is 0.847. The first-order valence-electron chi connectivity index (χ1n) is 4.86. The molecule has 16 heavy (non-hydrogen) atoms. The van der Waals surface area contributed by atoms with Crippen molar-refractivity contribution in [1.82, 2.24) is 14.8 Å². The van der Waals surface area contributed by atoms with Gasteiger partial charge in [0.05, 0.1) is 6.20 Å². The second kappa shape index (κ2) is 4.14. The topological polar surface area (TPSA) is 68.0 Å². The second-order valence-corrected chi connectivity index (χ2v) is 3.46. The third-order valence-electron chi connectivity index (χ3n) is 2.35. The summed E-state index contributed by atoms with van der Waals surface area (Å²) in [6, 6.07) is 3.07. The summed E-state index contributed by atoms with van der Waals surface area (Å²) in [6.07, 6.45) is 6.74. The number of aromatic nitrogens is 3. The average molecular weight is 217 g/mol. The fourth-order valence-corrected chi connectivity index (χ4v) is 1.35. The molecule has 5 nitrogen and oxygen atoms in total. The van der Waals surface area contributed by atoms with Crippen molar-refractivity contribution in [3.63, 3.8) is 0 Å². The number of hydrogen-bond acceptors (Lipinski definition) is 3. The molecular weight excluding hydrogens is 206 g/mol. The molecular formula is C11H11N3O2. The summed E-state index contributed by atoms with van der Waals surface area (Å²) in [7, 11) is 0. The van der Waals surface area contributed by atoms with Crippen LogP contribution in [0.1, 0.15) is 13.0 Å². The van der Waals surface area contributed by atoms with E-state index in [4.69, 9.17) is 5.11 Å². The molecule has 0 saturated heterocycles. The van der Waals surface area contributed by atoms with Crippen molar-refractivity contribution in [2.75, 3.05) is 0 Å². The lowest BCUT2D eigenvalue weighted by Gasteiger charge is -2.04. The van der Waals surface area contributed by atoms with Crippen LogP contribution in [-0.2, 0) is 4.79 Å². The number of rotatable bonds is 3. The number of carboxylic acid groups (broad SMARTS) is 1. The third kappa shape index (κ3) is 1.93. The Kier molecular flexibility index (Phi) is 2.68. The maximum Gasteiger partial charge on any atom is 0.328 e. The van der Waals surface area contributed by atoms with Crippen LogP contribution in [0.4, 0.5) is 0 Å². The first-order valence-corrected chi connectivity index (χ1v) is 4.86. The van der Waals surface area contributed by atoms with Gasteiger partial charge >= 0.3 is 5.97 Å². The fraction of sp³-hybridized carbons (Fsp3) is 0.182. The fourth-order valence-electron chi connectivity index (χ4n) is 1.35. The van der Waals surface area contributed by atoms with E-state index in [1.165, 1.54) is 4.68 Å². The van der Waals surface area contributed by atoms with Crippen LogP contribution in [0.2, 0.25) is 0 Å². The van der Waals surface area contributed by atoms with Crippen molar-refractivity contribution < 1.29 is 9.90 Å². The lowest BCUT2D eigenvalue weighted by molar-refractivity contribution is -0.140. The van der Waals surface area contributed by atoms with Crippen LogP contribution in [0.5, 0.6) is 0 Å². The Morgan fingerprint density at radius 1 is 1.44 bits per heavy atom. The molecule has 82 valence electrons. The summed E-state index contributed by atoms with van der Waals surface area (Å²) < 4.78 is 1.42. The van der Waals surface area contributed by atoms with Gasteiger partial charge in [-0.05, 0) is 13.0 Å². The normalized spacial score (nSPS) is 12.3. The van der Waals surface area contributed by atoms with Gasteiger partial charge in [0.15, 0.2) is 0 Å². The van der Waals surface area contributed by atoms with E-state index in [9.17, 15) is 4.79 Å². The van der Waals surface area contributed by atoms with E-state index in [0.717, 1.165) is 11.1 Å². The molecule has 2 rings (SSSR count). The zero-order chi connectivity index (χ0) is 11.5. The summed E-state index contributed by atoms with van der Waals surface area (Å²) in [4.78, 5) is 14.8. The lowest BCUT2D eigenvalue weighted by atomic mass is 10.2. The lowest BCUT2D eigenvalue weighted by Crippen LogP contribution is -2.15. The average Bonchev–Trinajstić information content (AvgIpc) is 2.78. The van der Waals surface area contributed by atoms with Crippen molar-refractivity contribution in [1.29, 1.82) is 0 Å². The zero-order valence-electron chi connectivity index (χ0n) is 8.74. The number of aliphatic carboxylic acids is 1. The first-order chi connectivity index (χ1) is 7.68. The van der Waals surface area contributed by atoms with Crippen LogP contribution in [0.3, 0.4) is 0 Å². The minimum Gasteiger partial charge on any atom is -0.480 e. The van der Waals surface area contributed by atoms with Gasteiger partial charge in [-0.1, -0.05) is 6.07 Å². The third-order valence-corrected chi connectivity index (χ3v) is 2.35. The van der Waals surface area contributed by atoms with E-state index in [1.807, 2.05) is 12.1 Å². The van der Waals surface area contributed by atoms with Gasteiger partial charge in [-0.3, -0.25) is 9.67 Å². The van der Waals surface area contributed by atoms with Crippen LogP contribution in [0.25, 0.3) is 11.1 Å². The molecule has 2 heterocycles. The summed E-state index contributed by atoms with van der Waals surface area (Å²) in [5.41, 5.74) is 1.78. The predicted octanol–water partition coefficient (Wildman–Crippen LogP) is 1.59. The van der Waals surface area contributed by atoms with Crippen molar-refractivity contribution in [2.45, 2.75) is 13.0 Å². The molecule has 0 spiro atoms. The SMILES string of the molecule is C[C@H](C(=O)O)n1cc(-c2cccnc2)cn1. The second-order valence-electron chi connectivity index (χ2n) is 3.46. The van der Waals surface area contributed by atoms with Crippen molar-refractivity contribution in [3.05, 3.63) is 36.9 Å². The summed E-state index contributed by atoms with van der Waals surface area (Å²) in [6.45, 7) is 1.59. The summed E-state index contributed by atoms with van der Waals surface area (Å²) >= 11 is 0. The van der Waals surface area contributed by atoms with Gasteiger partial charge in [0.1, 0.15) is 6.04 Å². The minimum absolute atomic E-state index is 0.662. The van der Waals surface area contributed by atoms with Gasteiger partial charge in [0.2, 0.25) is 0 Å². The van der Waals surface area contributed by atoms with Crippen molar-refractivity contribution in [2.24, 2.45) is 0 Å². The van der Waals surface area contributed by atoms with E-state index in [1.54, 1.807) is 31.7 Å². The highest BCUT2D eigenvalue weighted by Gasteiger charge is 2.14. The van der Waals surface area contributed by atoms with E-state index in [0.29, 0.717) is 0 Å². The van der Waals surface area contributed by atoms with Gasteiger partial charge in [0, 0.05) is 29.7 Å². The molecule has 0 amide bonds. The Morgan fingerprint density at radius 2 is 2.25 bits per heavy atom. The minimum atomic E-state index is -0.902. The number of nitrogens with zero attached hydrogens (tertiary/aromatic N) is 3. The van der Waals surface area contributed by atoms with Gasteiger partial charge in [-0.25, -0.2) is 4.79 Å². The van der Waals surface area contributed by atoms with E-state index < -0.39 is 12.0 Å². The molecule has 5 heteroatoms. The molecule has 0 radical (unpaired) electrons. The number of pyridine rings is 1. The van der Waals surface area contributed by atoms with Crippen LogP contribution >= 0.6 is 0 Å². The number of hydrogen-bond donors (Lipinski definition) is 1. The standard InChI is InChI=1S/C11H11N3O2/c1-8(11(15)16)14-7-10(6-13-14)9-3-2-4-12-5-9/h2-8H,1H3,(H,15,16)/t8-/m1/s1. The van der Waals surface area contributed by atoms with Gasteiger partial charge in [-0.15, -0.1) is 0 Å². The zero-order valence-corrected chi connectivity index (χ0v) is 8.74. The highest BCUT2D eigenvalue weighted by Crippen LogP contribution is 2.18. The molecule has 0 unspecified atom stereocenters. The first kappa shape index (κ1) is 10.4. The molecule has 0 bridgehead atoms. The highest BCUT2D eigenvalue weighted by atomic mass is 16.4. The van der Waals surface area contributed by atoms with E-state index in [-0.39, 0.29) is 0 Å². The Balaban J connectivity index is 2.30. The Bertz CT molecular complexity index is 493. The molecule has 0 saturated carbocycles. The van der Waals surface area contributed by atoms with Crippen LogP contribution in [-0.4, -0.2) is 25.8 Å².